The van der Waals surface area contributed by atoms with Crippen LogP contribution in [0.5, 0.6) is 0 Å². The predicted octanol–water partition coefficient (Wildman–Crippen LogP) is 4.70. The third-order valence-electron chi connectivity index (χ3n) is 4.26. The lowest BCUT2D eigenvalue weighted by Gasteiger charge is -2.23. The van der Waals surface area contributed by atoms with Gasteiger partial charge in [-0.05, 0) is 55.8 Å². The van der Waals surface area contributed by atoms with Gasteiger partial charge in [0.15, 0.2) is 0 Å². The maximum atomic E-state index is 3.20. The molecular formula is C18H31N. The minimum absolute atomic E-state index is 0.311. The normalized spacial score (nSPS) is 11.8. The monoisotopic (exact) mass is 261 g/mol. The number of nitrogens with one attached hydrogen (secondary N) is 1. The van der Waals surface area contributed by atoms with Crippen LogP contribution in [-0.4, -0.2) is 13.6 Å². The van der Waals surface area contributed by atoms with Crippen molar-refractivity contribution in [2.45, 2.75) is 64.7 Å². The summed E-state index contributed by atoms with van der Waals surface area (Å²) in [6.07, 6.45) is 7.75. The Morgan fingerprint density at radius 3 is 2.16 bits per heavy atom. The van der Waals surface area contributed by atoms with Crippen LogP contribution in [0.1, 0.15) is 64.0 Å². The molecule has 0 aliphatic heterocycles. The Balaban J connectivity index is 2.32. The van der Waals surface area contributed by atoms with Crippen molar-refractivity contribution >= 4 is 0 Å². The molecule has 0 amide bonds. The zero-order chi connectivity index (χ0) is 14.1. The molecule has 0 radical (unpaired) electrons. The van der Waals surface area contributed by atoms with Gasteiger partial charge in [-0.15, -0.1) is 0 Å². The molecule has 1 aromatic rings. The van der Waals surface area contributed by atoms with Crippen molar-refractivity contribution in [3.05, 3.63) is 35.4 Å². The minimum atomic E-state index is 0.311. The van der Waals surface area contributed by atoms with E-state index in [1.54, 1.807) is 0 Å². The molecule has 108 valence electrons. The zero-order valence-electron chi connectivity index (χ0n) is 13.3. The Labute approximate surface area is 119 Å². The lowest BCUT2D eigenvalue weighted by atomic mass is 9.82. The number of hydrogen-bond acceptors (Lipinski definition) is 1. The van der Waals surface area contributed by atoms with Crippen molar-refractivity contribution < 1.29 is 0 Å². The molecule has 1 aromatic carbocycles. The first kappa shape index (κ1) is 16.2. The highest BCUT2D eigenvalue weighted by molar-refractivity contribution is 5.28. The summed E-state index contributed by atoms with van der Waals surface area (Å²) in [5, 5.41) is 3.20. The second kappa shape index (κ2) is 8.37. The van der Waals surface area contributed by atoms with Crippen molar-refractivity contribution in [1.29, 1.82) is 0 Å². The van der Waals surface area contributed by atoms with E-state index in [9.17, 15) is 0 Å². The highest BCUT2D eigenvalue weighted by Gasteiger charge is 2.17. The Morgan fingerprint density at radius 1 is 0.947 bits per heavy atom. The van der Waals surface area contributed by atoms with E-state index in [1.807, 2.05) is 7.05 Å². The minimum Gasteiger partial charge on any atom is -0.320 e. The third kappa shape index (κ3) is 5.78. The van der Waals surface area contributed by atoms with E-state index >= 15 is 0 Å². The van der Waals surface area contributed by atoms with Crippen LogP contribution < -0.4 is 5.32 Å². The van der Waals surface area contributed by atoms with Gasteiger partial charge in [-0.3, -0.25) is 0 Å². The Morgan fingerprint density at radius 2 is 1.58 bits per heavy atom. The van der Waals surface area contributed by atoms with E-state index in [-0.39, 0.29) is 0 Å². The van der Waals surface area contributed by atoms with Crippen molar-refractivity contribution in [2.24, 2.45) is 0 Å². The van der Waals surface area contributed by atoms with Gasteiger partial charge in [-0.2, -0.15) is 0 Å². The Bertz CT molecular complexity index is 337. The molecule has 19 heavy (non-hydrogen) atoms. The molecule has 1 N–H and O–H groups in total. The molecule has 0 aliphatic carbocycles. The summed E-state index contributed by atoms with van der Waals surface area (Å²) < 4.78 is 0. The van der Waals surface area contributed by atoms with Gasteiger partial charge in [0.25, 0.3) is 0 Å². The van der Waals surface area contributed by atoms with Gasteiger partial charge >= 0.3 is 0 Å². The Hall–Kier alpha value is -0.820. The number of rotatable bonds is 9. The van der Waals surface area contributed by atoms with Crippen LogP contribution >= 0.6 is 0 Å². The summed E-state index contributed by atoms with van der Waals surface area (Å²) in [4.78, 5) is 0. The van der Waals surface area contributed by atoms with Gasteiger partial charge in [-0.25, -0.2) is 0 Å². The van der Waals surface area contributed by atoms with Crippen molar-refractivity contribution in [1.82, 2.24) is 5.32 Å². The summed E-state index contributed by atoms with van der Waals surface area (Å²) >= 11 is 0. The first-order valence-corrected chi connectivity index (χ1v) is 7.84. The quantitative estimate of drug-likeness (QED) is 0.636. The second-order valence-electron chi connectivity index (χ2n) is 6.20. The molecule has 0 fully saturated rings. The van der Waals surface area contributed by atoms with Crippen molar-refractivity contribution in [3.63, 3.8) is 0 Å². The van der Waals surface area contributed by atoms with Crippen LogP contribution in [0.2, 0.25) is 0 Å². The molecule has 0 spiro atoms. The molecule has 0 unspecified atom stereocenters. The predicted molar refractivity (Wildman–Crippen MR) is 85.9 cm³/mol. The average Bonchev–Trinajstić information content (AvgIpc) is 2.43. The maximum absolute atomic E-state index is 3.20. The van der Waals surface area contributed by atoms with Crippen LogP contribution in [-0.2, 0) is 11.8 Å². The smallest absolute Gasteiger partial charge is 0.00519 e. The first-order chi connectivity index (χ1) is 9.10. The number of unbranched alkanes of at least 4 members (excludes halogenated alkanes) is 3. The van der Waals surface area contributed by atoms with Crippen molar-refractivity contribution in [2.75, 3.05) is 13.6 Å². The number of benzene rings is 1. The topological polar surface area (TPSA) is 12.0 Å². The molecule has 1 heteroatoms. The Kier molecular flexibility index (Phi) is 7.15. The van der Waals surface area contributed by atoms with Crippen LogP contribution in [0.15, 0.2) is 24.3 Å². The lowest BCUT2D eigenvalue weighted by Crippen LogP contribution is -2.15. The molecule has 0 saturated heterocycles. The summed E-state index contributed by atoms with van der Waals surface area (Å²) in [6, 6.07) is 9.28. The van der Waals surface area contributed by atoms with Gasteiger partial charge < -0.3 is 5.32 Å². The highest BCUT2D eigenvalue weighted by Crippen LogP contribution is 2.26. The molecular weight excluding hydrogens is 230 g/mol. The highest BCUT2D eigenvalue weighted by atomic mass is 14.8. The SMILES string of the molecule is CCC(C)(C)c1ccc(CCCCCCNC)cc1. The first-order valence-electron chi connectivity index (χ1n) is 7.84. The van der Waals surface area contributed by atoms with E-state index in [0.717, 1.165) is 6.54 Å². The van der Waals surface area contributed by atoms with E-state index in [4.69, 9.17) is 0 Å². The van der Waals surface area contributed by atoms with Crippen LogP contribution in [0.25, 0.3) is 0 Å². The standard InChI is InChI=1S/C18H31N/c1-5-18(2,3)17-13-11-16(12-14-17)10-8-6-7-9-15-19-4/h11-14,19H,5-10,15H2,1-4H3. The van der Waals surface area contributed by atoms with E-state index in [1.165, 1.54) is 49.7 Å². The van der Waals surface area contributed by atoms with Crippen molar-refractivity contribution in [3.8, 4) is 0 Å². The lowest BCUT2D eigenvalue weighted by molar-refractivity contribution is 0.506. The summed E-state index contributed by atoms with van der Waals surface area (Å²) in [6.45, 7) is 8.06. The molecule has 0 heterocycles. The van der Waals surface area contributed by atoms with E-state index in [0.29, 0.717) is 5.41 Å². The molecule has 0 aliphatic rings. The molecule has 0 bridgehead atoms. The molecule has 1 nitrogen and oxygen atoms in total. The van der Waals surface area contributed by atoms with E-state index < -0.39 is 0 Å². The molecule has 0 atom stereocenters. The summed E-state index contributed by atoms with van der Waals surface area (Å²) in [7, 11) is 2.03. The third-order valence-corrected chi connectivity index (χ3v) is 4.26. The largest absolute Gasteiger partial charge is 0.320 e. The van der Waals surface area contributed by atoms with Crippen LogP contribution in [0.4, 0.5) is 0 Å². The average molecular weight is 261 g/mol. The van der Waals surface area contributed by atoms with Gasteiger partial charge in [-0.1, -0.05) is 57.9 Å². The molecule has 0 saturated carbocycles. The van der Waals surface area contributed by atoms with Gasteiger partial charge in [0.05, 0.1) is 0 Å². The second-order valence-corrected chi connectivity index (χ2v) is 6.20. The zero-order valence-corrected chi connectivity index (χ0v) is 13.3. The molecule has 0 aromatic heterocycles. The summed E-state index contributed by atoms with van der Waals surface area (Å²) in [5.74, 6) is 0. The van der Waals surface area contributed by atoms with E-state index in [2.05, 4.69) is 50.4 Å². The number of aryl methyl sites for hydroxylation is 1. The van der Waals surface area contributed by atoms with Crippen LogP contribution in [0, 0.1) is 0 Å². The van der Waals surface area contributed by atoms with Gasteiger partial charge in [0.1, 0.15) is 0 Å². The van der Waals surface area contributed by atoms with Gasteiger partial charge in [0, 0.05) is 0 Å². The fourth-order valence-corrected chi connectivity index (χ4v) is 2.31. The van der Waals surface area contributed by atoms with Crippen LogP contribution in [0.3, 0.4) is 0 Å². The fourth-order valence-electron chi connectivity index (χ4n) is 2.31. The molecule has 1 rings (SSSR count). The maximum Gasteiger partial charge on any atom is -0.00519 e. The fraction of sp³-hybridized carbons (Fsp3) is 0.667. The van der Waals surface area contributed by atoms with Gasteiger partial charge in [0.2, 0.25) is 0 Å². The summed E-state index contributed by atoms with van der Waals surface area (Å²) in [5.41, 5.74) is 3.27. The number of hydrogen-bond donors (Lipinski definition) is 1.